The van der Waals surface area contributed by atoms with E-state index in [9.17, 15) is 14.7 Å². The van der Waals surface area contributed by atoms with E-state index >= 15 is 0 Å². The van der Waals surface area contributed by atoms with Crippen molar-refractivity contribution in [1.29, 1.82) is 0 Å². The second kappa shape index (κ2) is 9.23. The molecule has 166 valence electrons. The van der Waals surface area contributed by atoms with Crippen molar-refractivity contribution in [3.63, 3.8) is 0 Å². The molecule has 0 aliphatic carbocycles. The summed E-state index contributed by atoms with van der Waals surface area (Å²) in [4.78, 5) is 31.9. The molecule has 1 aliphatic rings. The van der Waals surface area contributed by atoms with Gasteiger partial charge in [-0.3, -0.25) is 14.2 Å². The Bertz CT molecular complexity index is 1100. The van der Waals surface area contributed by atoms with Gasteiger partial charge in [0.05, 0.1) is 18.7 Å². The summed E-state index contributed by atoms with van der Waals surface area (Å²) in [6.07, 6.45) is 0.675. The number of ether oxygens (including phenoxy) is 1. The highest BCUT2D eigenvalue weighted by atomic mass is 16.5. The average Bonchev–Trinajstić information content (AvgIpc) is 3.32. The highest BCUT2D eigenvalue weighted by Gasteiger charge is 2.28. The van der Waals surface area contributed by atoms with Crippen LogP contribution < -0.4 is 15.8 Å². The smallest absolute Gasteiger partial charge is 0.297 e. The fourth-order valence-electron chi connectivity index (χ4n) is 3.98. The zero-order valence-electron chi connectivity index (χ0n) is 18.1. The van der Waals surface area contributed by atoms with Gasteiger partial charge in [0.2, 0.25) is 11.7 Å². The molecular weight excluding hydrogens is 408 g/mol. The number of anilines is 1. The van der Waals surface area contributed by atoms with E-state index in [-0.39, 0.29) is 23.7 Å². The Labute approximate surface area is 186 Å². The van der Waals surface area contributed by atoms with Gasteiger partial charge in [-0.1, -0.05) is 60.7 Å². The predicted octanol–water partition coefficient (Wildman–Crippen LogP) is 2.23. The van der Waals surface area contributed by atoms with Gasteiger partial charge < -0.3 is 20.1 Å². The number of carbonyl (C=O) groups is 1. The molecule has 1 aromatic heterocycles. The zero-order valence-corrected chi connectivity index (χ0v) is 18.1. The summed E-state index contributed by atoms with van der Waals surface area (Å²) in [7, 11) is 3.34. The van der Waals surface area contributed by atoms with Crippen LogP contribution >= 0.6 is 0 Å². The van der Waals surface area contributed by atoms with Crippen LogP contribution in [-0.4, -0.2) is 46.9 Å². The van der Waals surface area contributed by atoms with E-state index in [1.807, 2.05) is 72.6 Å². The molecule has 0 bridgehead atoms. The van der Waals surface area contributed by atoms with Gasteiger partial charge >= 0.3 is 0 Å². The van der Waals surface area contributed by atoms with Crippen LogP contribution in [0.1, 0.15) is 34.1 Å². The molecule has 32 heavy (non-hydrogen) atoms. The van der Waals surface area contributed by atoms with Crippen LogP contribution in [0.3, 0.4) is 0 Å². The summed E-state index contributed by atoms with van der Waals surface area (Å²) in [6.45, 7) is 0.957. The molecule has 1 aliphatic heterocycles. The van der Waals surface area contributed by atoms with Crippen molar-refractivity contribution >= 4 is 11.9 Å². The topological polar surface area (TPSA) is 96.7 Å². The summed E-state index contributed by atoms with van der Waals surface area (Å²) >= 11 is 0. The largest absolute Gasteiger partial charge is 0.501 e. The van der Waals surface area contributed by atoms with Crippen LogP contribution in [0.2, 0.25) is 0 Å². The lowest BCUT2D eigenvalue weighted by molar-refractivity contribution is 0.0921. The molecule has 2 heterocycles. The molecule has 0 radical (unpaired) electrons. The maximum atomic E-state index is 12.8. The van der Waals surface area contributed by atoms with E-state index in [4.69, 9.17) is 4.74 Å². The van der Waals surface area contributed by atoms with Crippen molar-refractivity contribution in [2.75, 3.05) is 25.2 Å². The SMILES string of the molecule is CN(c1nc(C(=O)N[C@H]2CCOC2)c(O)c(=O)n1C)C(c1ccccc1)c1ccccc1. The van der Waals surface area contributed by atoms with E-state index in [0.29, 0.717) is 19.6 Å². The Morgan fingerprint density at radius 1 is 1.16 bits per heavy atom. The average molecular weight is 434 g/mol. The molecule has 2 aromatic carbocycles. The molecule has 8 heteroatoms. The molecule has 1 amide bonds. The first-order valence-electron chi connectivity index (χ1n) is 10.5. The molecule has 1 fully saturated rings. The first kappa shape index (κ1) is 21.6. The first-order chi connectivity index (χ1) is 15.5. The van der Waals surface area contributed by atoms with Crippen molar-refractivity contribution in [1.82, 2.24) is 14.9 Å². The third-order valence-electron chi connectivity index (χ3n) is 5.66. The third kappa shape index (κ3) is 4.22. The second-order valence-electron chi connectivity index (χ2n) is 7.84. The minimum absolute atomic E-state index is 0.171. The van der Waals surface area contributed by atoms with Crippen LogP contribution in [0, 0.1) is 0 Å². The van der Waals surface area contributed by atoms with Crippen LogP contribution in [0.15, 0.2) is 65.5 Å². The molecule has 3 aromatic rings. The monoisotopic (exact) mass is 434 g/mol. The third-order valence-corrected chi connectivity index (χ3v) is 5.66. The number of hydrogen-bond acceptors (Lipinski definition) is 6. The summed E-state index contributed by atoms with van der Waals surface area (Å²) in [5.74, 6) is -1.00. The molecule has 0 saturated carbocycles. The number of aromatic nitrogens is 2. The molecule has 1 saturated heterocycles. The van der Waals surface area contributed by atoms with Crippen molar-refractivity contribution in [2.45, 2.75) is 18.5 Å². The number of amides is 1. The lowest BCUT2D eigenvalue weighted by Crippen LogP contribution is -2.38. The van der Waals surface area contributed by atoms with Gasteiger partial charge in [-0.2, -0.15) is 0 Å². The maximum Gasteiger partial charge on any atom is 0.297 e. The molecule has 0 unspecified atom stereocenters. The minimum Gasteiger partial charge on any atom is -0.501 e. The Hall–Kier alpha value is -3.65. The van der Waals surface area contributed by atoms with Gasteiger partial charge in [0.1, 0.15) is 0 Å². The highest BCUT2D eigenvalue weighted by molar-refractivity contribution is 5.95. The molecule has 0 spiro atoms. The van der Waals surface area contributed by atoms with Crippen molar-refractivity contribution in [3.05, 3.63) is 87.8 Å². The van der Waals surface area contributed by atoms with Crippen LogP contribution in [-0.2, 0) is 11.8 Å². The number of rotatable bonds is 6. The predicted molar refractivity (Wildman–Crippen MR) is 121 cm³/mol. The van der Waals surface area contributed by atoms with Crippen LogP contribution in [0.25, 0.3) is 0 Å². The van der Waals surface area contributed by atoms with Crippen LogP contribution in [0.5, 0.6) is 5.75 Å². The van der Waals surface area contributed by atoms with E-state index in [2.05, 4.69) is 10.3 Å². The van der Waals surface area contributed by atoms with Gasteiger partial charge in [0.25, 0.3) is 11.5 Å². The van der Waals surface area contributed by atoms with Gasteiger partial charge in [-0.15, -0.1) is 0 Å². The summed E-state index contributed by atoms with van der Waals surface area (Å²) < 4.78 is 6.54. The van der Waals surface area contributed by atoms with Crippen molar-refractivity contribution in [2.24, 2.45) is 7.05 Å². The lowest BCUT2D eigenvalue weighted by atomic mass is 9.97. The van der Waals surface area contributed by atoms with Gasteiger partial charge in [0.15, 0.2) is 5.69 Å². The number of carbonyl (C=O) groups excluding carboxylic acids is 1. The Morgan fingerprint density at radius 2 is 1.75 bits per heavy atom. The number of aromatic hydroxyl groups is 1. The lowest BCUT2D eigenvalue weighted by Gasteiger charge is -2.31. The summed E-state index contributed by atoms with van der Waals surface area (Å²) in [6, 6.07) is 19.2. The van der Waals surface area contributed by atoms with Gasteiger partial charge in [-0.05, 0) is 17.5 Å². The quantitative estimate of drug-likeness (QED) is 0.618. The molecular formula is C24H26N4O4. The Morgan fingerprint density at radius 3 is 2.28 bits per heavy atom. The molecule has 1 atom stereocenters. The zero-order chi connectivity index (χ0) is 22.7. The number of nitrogens with zero attached hydrogens (tertiary/aromatic N) is 3. The van der Waals surface area contributed by atoms with Gasteiger partial charge in [0, 0.05) is 20.7 Å². The van der Waals surface area contributed by atoms with Crippen molar-refractivity contribution < 1.29 is 14.6 Å². The Balaban J connectivity index is 1.77. The normalized spacial score (nSPS) is 15.7. The van der Waals surface area contributed by atoms with Crippen LogP contribution in [0.4, 0.5) is 5.95 Å². The first-order valence-corrected chi connectivity index (χ1v) is 10.5. The van der Waals surface area contributed by atoms with E-state index in [1.165, 1.54) is 11.6 Å². The number of hydrogen-bond donors (Lipinski definition) is 2. The second-order valence-corrected chi connectivity index (χ2v) is 7.84. The molecule has 8 nitrogen and oxygen atoms in total. The Kier molecular flexibility index (Phi) is 6.23. The van der Waals surface area contributed by atoms with E-state index in [0.717, 1.165) is 11.1 Å². The van der Waals surface area contributed by atoms with E-state index < -0.39 is 17.2 Å². The summed E-state index contributed by atoms with van der Waals surface area (Å²) in [5.41, 5.74) is 1.02. The minimum atomic E-state index is -0.686. The van der Waals surface area contributed by atoms with Crippen molar-refractivity contribution in [3.8, 4) is 5.75 Å². The summed E-state index contributed by atoms with van der Waals surface area (Å²) in [5, 5.41) is 13.2. The fraction of sp³-hybridized carbons (Fsp3) is 0.292. The highest BCUT2D eigenvalue weighted by Crippen LogP contribution is 2.31. The fourth-order valence-corrected chi connectivity index (χ4v) is 3.98. The standard InChI is InChI=1S/C24H26N4O4/c1-27(20(16-9-5-3-6-10-16)17-11-7-4-8-12-17)24-26-19(21(29)23(31)28(24)2)22(30)25-18-13-14-32-15-18/h3-12,18,20,29H,13-15H2,1-2H3,(H,25,30)/t18-/m0/s1. The molecule has 2 N–H and O–H groups in total. The molecule has 4 rings (SSSR count). The van der Waals surface area contributed by atoms with E-state index in [1.54, 1.807) is 0 Å². The maximum absolute atomic E-state index is 12.8. The van der Waals surface area contributed by atoms with Gasteiger partial charge in [-0.25, -0.2) is 4.98 Å². The number of nitrogens with one attached hydrogen (secondary N) is 1. The number of benzene rings is 2.